The van der Waals surface area contributed by atoms with Crippen molar-refractivity contribution in [1.82, 2.24) is 4.90 Å². The van der Waals surface area contributed by atoms with Crippen LogP contribution in [0.5, 0.6) is 5.75 Å². The molecule has 0 spiro atoms. The molecule has 0 aromatic heterocycles. The summed E-state index contributed by atoms with van der Waals surface area (Å²) in [5, 5.41) is 0. The standard InChI is InChI=1S/C19H29NO2/c1-6-16(22-17-10-7-9-14(2)15(17)3)18(21)20-12-8-11-19(4,5)13-20/h7,9-10,16H,6,8,11-13H2,1-5H3/t16-/m0/s1. The number of likely N-dealkylation sites (tertiary alicyclic amines) is 1. The van der Waals surface area contributed by atoms with Gasteiger partial charge in [0.25, 0.3) is 5.91 Å². The van der Waals surface area contributed by atoms with Gasteiger partial charge in [-0.05, 0) is 55.7 Å². The summed E-state index contributed by atoms with van der Waals surface area (Å²) < 4.78 is 6.07. The Morgan fingerprint density at radius 3 is 2.73 bits per heavy atom. The third-order valence-corrected chi connectivity index (χ3v) is 4.68. The average Bonchev–Trinajstić information content (AvgIpc) is 2.47. The molecule has 2 rings (SSSR count). The first-order valence-electron chi connectivity index (χ1n) is 8.36. The molecule has 1 fully saturated rings. The van der Waals surface area contributed by atoms with Gasteiger partial charge in [0.2, 0.25) is 0 Å². The Labute approximate surface area is 134 Å². The molecule has 0 saturated carbocycles. The molecule has 0 aliphatic carbocycles. The van der Waals surface area contributed by atoms with E-state index in [1.54, 1.807) is 0 Å². The fourth-order valence-electron chi connectivity index (χ4n) is 3.13. The number of carbonyl (C=O) groups excluding carboxylic acids is 1. The molecular formula is C19H29NO2. The number of hydrogen-bond acceptors (Lipinski definition) is 2. The van der Waals surface area contributed by atoms with E-state index in [0.29, 0.717) is 6.42 Å². The van der Waals surface area contributed by atoms with Crippen molar-refractivity contribution in [2.75, 3.05) is 13.1 Å². The van der Waals surface area contributed by atoms with Crippen molar-refractivity contribution in [3.05, 3.63) is 29.3 Å². The number of nitrogens with zero attached hydrogens (tertiary/aromatic N) is 1. The van der Waals surface area contributed by atoms with Crippen LogP contribution in [0.25, 0.3) is 0 Å². The number of benzene rings is 1. The Balaban J connectivity index is 2.11. The van der Waals surface area contributed by atoms with Crippen molar-refractivity contribution >= 4 is 5.91 Å². The molecule has 0 bridgehead atoms. The zero-order valence-corrected chi connectivity index (χ0v) is 14.6. The summed E-state index contributed by atoms with van der Waals surface area (Å²) in [6.07, 6.45) is 2.59. The molecule has 22 heavy (non-hydrogen) atoms. The minimum absolute atomic E-state index is 0.135. The van der Waals surface area contributed by atoms with Crippen LogP contribution >= 0.6 is 0 Å². The van der Waals surface area contributed by atoms with Crippen LogP contribution in [0.15, 0.2) is 18.2 Å². The van der Waals surface area contributed by atoms with Gasteiger partial charge in [0.15, 0.2) is 6.10 Å². The summed E-state index contributed by atoms with van der Waals surface area (Å²) in [6, 6.07) is 6.01. The summed E-state index contributed by atoms with van der Waals surface area (Å²) in [6.45, 7) is 12.3. The van der Waals surface area contributed by atoms with Crippen LogP contribution in [-0.4, -0.2) is 30.0 Å². The number of amides is 1. The zero-order valence-electron chi connectivity index (χ0n) is 14.6. The minimum Gasteiger partial charge on any atom is -0.480 e. The van der Waals surface area contributed by atoms with Crippen molar-refractivity contribution in [3.8, 4) is 5.75 Å². The second kappa shape index (κ2) is 6.72. The molecule has 3 nitrogen and oxygen atoms in total. The summed E-state index contributed by atoms with van der Waals surface area (Å²) in [5.41, 5.74) is 2.53. The van der Waals surface area contributed by atoms with E-state index in [1.165, 1.54) is 12.0 Å². The molecule has 0 unspecified atom stereocenters. The minimum atomic E-state index is -0.380. The SMILES string of the molecule is CC[C@H](Oc1cccc(C)c1C)C(=O)N1CCCC(C)(C)C1. The van der Waals surface area contributed by atoms with E-state index in [2.05, 4.69) is 26.8 Å². The lowest BCUT2D eigenvalue weighted by atomic mass is 9.84. The second-order valence-corrected chi connectivity index (χ2v) is 7.24. The topological polar surface area (TPSA) is 29.5 Å². The Bertz CT molecular complexity index is 536. The first-order valence-corrected chi connectivity index (χ1v) is 8.36. The lowest BCUT2D eigenvalue weighted by molar-refractivity contribution is -0.142. The van der Waals surface area contributed by atoms with Crippen molar-refractivity contribution in [1.29, 1.82) is 0 Å². The number of ether oxygens (including phenoxy) is 1. The van der Waals surface area contributed by atoms with Gasteiger partial charge in [0, 0.05) is 13.1 Å². The fourth-order valence-corrected chi connectivity index (χ4v) is 3.13. The highest BCUT2D eigenvalue weighted by atomic mass is 16.5. The predicted octanol–water partition coefficient (Wildman–Crippen LogP) is 4.11. The van der Waals surface area contributed by atoms with Crippen LogP contribution in [0.3, 0.4) is 0 Å². The number of carbonyl (C=O) groups is 1. The highest BCUT2D eigenvalue weighted by Crippen LogP contribution is 2.29. The maximum Gasteiger partial charge on any atom is 0.263 e. The maximum absolute atomic E-state index is 12.8. The van der Waals surface area contributed by atoms with Crippen molar-refractivity contribution in [3.63, 3.8) is 0 Å². The lowest BCUT2D eigenvalue weighted by Gasteiger charge is -2.39. The molecule has 1 amide bonds. The van der Waals surface area contributed by atoms with Crippen molar-refractivity contribution in [2.24, 2.45) is 5.41 Å². The first kappa shape index (κ1) is 16.9. The number of hydrogen-bond donors (Lipinski definition) is 0. The van der Waals surface area contributed by atoms with Crippen LogP contribution in [0.2, 0.25) is 0 Å². The highest BCUT2D eigenvalue weighted by Gasteiger charge is 2.32. The summed E-state index contributed by atoms with van der Waals surface area (Å²) in [5.74, 6) is 0.965. The van der Waals surface area contributed by atoms with E-state index in [0.717, 1.165) is 30.8 Å². The van der Waals surface area contributed by atoms with Gasteiger partial charge in [0.05, 0.1) is 0 Å². The molecule has 0 N–H and O–H groups in total. The molecule has 3 heteroatoms. The van der Waals surface area contributed by atoms with E-state index in [1.807, 2.05) is 30.9 Å². The van der Waals surface area contributed by atoms with Crippen molar-refractivity contribution < 1.29 is 9.53 Å². The van der Waals surface area contributed by atoms with E-state index >= 15 is 0 Å². The Hall–Kier alpha value is -1.51. The Kier molecular flexibility index (Phi) is 5.15. The summed E-state index contributed by atoms with van der Waals surface area (Å²) in [4.78, 5) is 14.8. The summed E-state index contributed by atoms with van der Waals surface area (Å²) >= 11 is 0. The normalized spacial score (nSPS) is 18.9. The van der Waals surface area contributed by atoms with Gasteiger partial charge < -0.3 is 9.64 Å². The third-order valence-electron chi connectivity index (χ3n) is 4.68. The molecule has 0 radical (unpaired) electrons. The number of rotatable bonds is 4. The van der Waals surface area contributed by atoms with Gasteiger partial charge in [-0.1, -0.05) is 32.9 Å². The fraction of sp³-hybridized carbons (Fsp3) is 0.632. The van der Waals surface area contributed by atoms with E-state index in [4.69, 9.17) is 4.74 Å². The molecule has 1 heterocycles. The highest BCUT2D eigenvalue weighted by molar-refractivity contribution is 5.81. The van der Waals surface area contributed by atoms with Gasteiger partial charge in [-0.25, -0.2) is 0 Å². The van der Waals surface area contributed by atoms with Crippen LogP contribution in [0.4, 0.5) is 0 Å². The van der Waals surface area contributed by atoms with E-state index in [9.17, 15) is 4.79 Å². The maximum atomic E-state index is 12.8. The quantitative estimate of drug-likeness (QED) is 0.837. The first-order chi connectivity index (χ1) is 10.3. The molecule has 1 atom stereocenters. The smallest absolute Gasteiger partial charge is 0.263 e. The molecule has 1 aromatic rings. The lowest BCUT2D eigenvalue weighted by Crippen LogP contribution is -2.49. The van der Waals surface area contributed by atoms with Crippen LogP contribution < -0.4 is 4.74 Å². The molecule has 122 valence electrons. The van der Waals surface area contributed by atoms with Gasteiger partial charge in [-0.15, -0.1) is 0 Å². The van der Waals surface area contributed by atoms with Crippen LogP contribution in [0, 0.1) is 19.3 Å². The monoisotopic (exact) mass is 303 g/mol. The molecular weight excluding hydrogens is 274 g/mol. The third kappa shape index (κ3) is 3.82. The number of piperidine rings is 1. The average molecular weight is 303 g/mol. The Morgan fingerprint density at radius 2 is 2.09 bits per heavy atom. The second-order valence-electron chi connectivity index (χ2n) is 7.24. The van der Waals surface area contributed by atoms with Crippen LogP contribution in [-0.2, 0) is 4.79 Å². The molecule has 1 aromatic carbocycles. The number of aryl methyl sites for hydroxylation is 1. The van der Waals surface area contributed by atoms with Gasteiger partial charge >= 0.3 is 0 Å². The van der Waals surface area contributed by atoms with Crippen molar-refractivity contribution in [2.45, 2.75) is 60.0 Å². The molecule has 1 aliphatic heterocycles. The van der Waals surface area contributed by atoms with Crippen LogP contribution in [0.1, 0.15) is 51.2 Å². The van der Waals surface area contributed by atoms with Gasteiger partial charge in [-0.2, -0.15) is 0 Å². The summed E-state index contributed by atoms with van der Waals surface area (Å²) in [7, 11) is 0. The van der Waals surface area contributed by atoms with E-state index < -0.39 is 0 Å². The largest absolute Gasteiger partial charge is 0.480 e. The molecule has 1 aliphatic rings. The zero-order chi connectivity index (χ0) is 16.3. The Morgan fingerprint density at radius 1 is 1.36 bits per heavy atom. The predicted molar refractivity (Wildman–Crippen MR) is 90.2 cm³/mol. The van der Waals surface area contributed by atoms with E-state index in [-0.39, 0.29) is 17.4 Å². The van der Waals surface area contributed by atoms with Gasteiger partial charge in [0.1, 0.15) is 5.75 Å². The molecule has 1 saturated heterocycles. The van der Waals surface area contributed by atoms with Gasteiger partial charge in [-0.3, -0.25) is 4.79 Å².